The first-order valence-corrected chi connectivity index (χ1v) is 18.8. The Hall–Kier alpha value is -1.66. The number of piperidine rings is 1. The molecule has 0 bridgehead atoms. The molecule has 1 aliphatic heterocycles. The molecule has 1 rings (SSSR count). The summed E-state index contributed by atoms with van der Waals surface area (Å²) in [4.78, 5) is 23.2. The number of carbonyl (C=O) groups excluding carboxylic acids is 2. The van der Waals surface area contributed by atoms with Crippen molar-refractivity contribution >= 4 is 11.9 Å². The van der Waals surface area contributed by atoms with Crippen LogP contribution in [0.15, 0.2) is 24.3 Å². The van der Waals surface area contributed by atoms with E-state index in [4.69, 9.17) is 10.5 Å². The van der Waals surface area contributed by atoms with Crippen molar-refractivity contribution in [3.05, 3.63) is 24.3 Å². The van der Waals surface area contributed by atoms with Crippen molar-refractivity contribution in [3.8, 4) is 0 Å². The third-order valence-electron chi connectivity index (χ3n) is 8.26. The predicted octanol–water partition coefficient (Wildman–Crippen LogP) is 10.1. The number of nitrogens with one attached hydrogen (secondary N) is 1. The van der Waals surface area contributed by atoms with Gasteiger partial charge in [0.2, 0.25) is 5.91 Å². The summed E-state index contributed by atoms with van der Waals surface area (Å²) in [7, 11) is 0. The Morgan fingerprint density at radius 1 is 0.659 bits per heavy atom. The molecular weight excluding hydrogens is 546 g/mol. The Balaban J connectivity index is 0.000000902. The fraction of sp³-hybridized carbons (Fsp3) is 0.842. The Kier molecular flexibility index (Phi) is 32.9. The minimum atomic E-state index is -0.398. The molecule has 1 amide bonds. The summed E-state index contributed by atoms with van der Waals surface area (Å²) in [6, 6.07) is -0.398. The number of amides is 1. The van der Waals surface area contributed by atoms with Gasteiger partial charge in [-0.1, -0.05) is 135 Å². The average molecular weight is 620 g/mol. The summed E-state index contributed by atoms with van der Waals surface area (Å²) in [5.74, 6) is -0.664. The fourth-order valence-corrected chi connectivity index (χ4v) is 5.39. The smallest absolute Gasteiger partial charge is 0.330 e. The van der Waals surface area contributed by atoms with Crippen LogP contribution in [0.4, 0.5) is 0 Å². The van der Waals surface area contributed by atoms with E-state index in [1.807, 2.05) is 6.08 Å². The largest absolute Gasteiger partial charge is 0.463 e. The standard InChI is InChI=1S/C20H37N3O3.C18H36/c1-2-3-4-5-6-7-9-14-19(24)26-17-12-13-18(20(21)25)22-23-15-10-8-11-16-23;1-3-5-7-9-11-13-15-17-18-16-14-12-10-8-6-4-2/h9,14,18,22H,2-8,10-13,15-17H2,1H3,(H2,21,25);17-18H,3-16H2,1-2H3/b14-9+;18-17-. The van der Waals surface area contributed by atoms with Crippen molar-refractivity contribution in [1.82, 2.24) is 10.4 Å². The topological polar surface area (TPSA) is 84.7 Å². The Labute approximate surface area is 273 Å². The summed E-state index contributed by atoms with van der Waals surface area (Å²) in [6.07, 6.45) is 39.6. The molecule has 0 spiro atoms. The molecule has 1 aliphatic rings. The molecule has 1 atom stereocenters. The normalized spacial score (nSPS) is 14.5. The molecule has 258 valence electrons. The number of unbranched alkanes of at least 4 members (excludes halogenated alkanes) is 17. The van der Waals surface area contributed by atoms with Gasteiger partial charge in [0.15, 0.2) is 0 Å². The molecule has 6 heteroatoms. The van der Waals surface area contributed by atoms with Gasteiger partial charge in [-0.3, -0.25) is 4.79 Å². The number of nitrogens with two attached hydrogens (primary N) is 1. The molecule has 0 aromatic heterocycles. The monoisotopic (exact) mass is 620 g/mol. The fourth-order valence-electron chi connectivity index (χ4n) is 5.39. The molecule has 0 radical (unpaired) electrons. The molecule has 0 aromatic carbocycles. The van der Waals surface area contributed by atoms with Crippen LogP contribution < -0.4 is 11.2 Å². The summed E-state index contributed by atoms with van der Waals surface area (Å²) in [5, 5.41) is 2.08. The van der Waals surface area contributed by atoms with Crippen LogP contribution in [0.5, 0.6) is 0 Å². The van der Waals surface area contributed by atoms with Crippen molar-refractivity contribution in [1.29, 1.82) is 0 Å². The van der Waals surface area contributed by atoms with E-state index in [1.165, 1.54) is 128 Å². The highest BCUT2D eigenvalue weighted by atomic mass is 16.5. The van der Waals surface area contributed by atoms with Gasteiger partial charge in [-0.2, -0.15) is 0 Å². The first-order valence-electron chi connectivity index (χ1n) is 18.8. The average Bonchev–Trinajstić information content (AvgIpc) is 3.03. The van der Waals surface area contributed by atoms with Gasteiger partial charge >= 0.3 is 5.97 Å². The second-order valence-electron chi connectivity index (χ2n) is 12.6. The second kappa shape index (κ2) is 34.2. The number of esters is 1. The maximum absolute atomic E-state index is 11.6. The van der Waals surface area contributed by atoms with E-state index in [1.54, 1.807) is 0 Å². The lowest BCUT2D eigenvalue weighted by atomic mass is 10.1. The quantitative estimate of drug-likeness (QED) is 0.0394. The van der Waals surface area contributed by atoms with E-state index < -0.39 is 6.04 Å². The molecule has 0 aliphatic carbocycles. The number of primary amides is 1. The van der Waals surface area contributed by atoms with Crippen molar-refractivity contribution in [2.45, 2.75) is 187 Å². The summed E-state index contributed by atoms with van der Waals surface area (Å²) >= 11 is 0. The number of nitrogens with zero attached hydrogens (tertiary/aromatic N) is 1. The number of allylic oxidation sites excluding steroid dienone is 3. The van der Waals surface area contributed by atoms with Gasteiger partial charge in [0.1, 0.15) is 6.04 Å². The van der Waals surface area contributed by atoms with Crippen LogP contribution in [0, 0.1) is 0 Å². The van der Waals surface area contributed by atoms with Gasteiger partial charge in [0, 0.05) is 19.2 Å². The SMILES string of the molecule is CCCCCCC/C=C/C(=O)OCCCC(NN1CCCCC1)C(N)=O.CCCCCCCC/C=C\CCCCCCCC. The van der Waals surface area contributed by atoms with E-state index in [2.05, 4.69) is 43.4 Å². The summed E-state index contributed by atoms with van der Waals surface area (Å²) in [5.41, 5.74) is 8.68. The number of hydrogen-bond donors (Lipinski definition) is 2. The van der Waals surface area contributed by atoms with Crippen LogP contribution in [0.25, 0.3) is 0 Å². The molecular formula is C38H73N3O3. The van der Waals surface area contributed by atoms with Gasteiger partial charge in [-0.25, -0.2) is 15.2 Å². The lowest BCUT2D eigenvalue weighted by Gasteiger charge is -2.30. The zero-order valence-electron chi connectivity index (χ0n) is 29.4. The van der Waals surface area contributed by atoms with Crippen LogP contribution in [0.2, 0.25) is 0 Å². The number of rotatable bonds is 28. The maximum Gasteiger partial charge on any atom is 0.330 e. The molecule has 44 heavy (non-hydrogen) atoms. The van der Waals surface area contributed by atoms with Crippen LogP contribution in [0.3, 0.4) is 0 Å². The van der Waals surface area contributed by atoms with E-state index in [0.29, 0.717) is 19.4 Å². The minimum Gasteiger partial charge on any atom is -0.463 e. The highest BCUT2D eigenvalue weighted by Gasteiger charge is 2.19. The first-order chi connectivity index (χ1) is 21.5. The zero-order valence-corrected chi connectivity index (χ0v) is 29.4. The number of carbonyl (C=O) groups is 2. The van der Waals surface area contributed by atoms with Gasteiger partial charge < -0.3 is 10.5 Å². The van der Waals surface area contributed by atoms with Crippen molar-refractivity contribution < 1.29 is 14.3 Å². The highest BCUT2D eigenvalue weighted by molar-refractivity contribution is 5.81. The molecule has 1 fully saturated rings. The molecule has 0 saturated carbocycles. The minimum absolute atomic E-state index is 0.307. The molecule has 3 N–H and O–H groups in total. The van der Waals surface area contributed by atoms with Crippen LogP contribution in [-0.2, 0) is 14.3 Å². The zero-order chi connectivity index (χ0) is 32.4. The van der Waals surface area contributed by atoms with Crippen LogP contribution in [0.1, 0.15) is 181 Å². The number of ether oxygens (including phenoxy) is 1. The molecule has 0 aromatic rings. The van der Waals surface area contributed by atoms with E-state index >= 15 is 0 Å². The van der Waals surface area contributed by atoms with Crippen molar-refractivity contribution in [3.63, 3.8) is 0 Å². The van der Waals surface area contributed by atoms with Gasteiger partial charge in [-0.15, -0.1) is 0 Å². The molecule has 1 unspecified atom stereocenters. The third-order valence-corrected chi connectivity index (χ3v) is 8.26. The van der Waals surface area contributed by atoms with E-state index in [0.717, 1.165) is 38.8 Å². The van der Waals surface area contributed by atoms with Gasteiger partial charge in [-0.05, 0) is 64.2 Å². The first kappa shape index (κ1) is 42.3. The highest BCUT2D eigenvalue weighted by Crippen LogP contribution is 2.11. The summed E-state index contributed by atoms with van der Waals surface area (Å²) < 4.78 is 5.19. The van der Waals surface area contributed by atoms with Crippen molar-refractivity contribution in [2.75, 3.05) is 19.7 Å². The second-order valence-corrected chi connectivity index (χ2v) is 12.6. The lowest BCUT2D eigenvalue weighted by Crippen LogP contribution is -2.52. The maximum atomic E-state index is 11.6. The third kappa shape index (κ3) is 30.4. The number of hydrogen-bond acceptors (Lipinski definition) is 5. The Morgan fingerprint density at radius 3 is 1.59 bits per heavy atom. The number of hydrazine groups is 1. The lowest BCUT2D eigenvalue weighted by molar-refractivity contribution is -0.137. The van der Waals surface area contributed by atoms with Gasteiger partial charge in [0.25, 0.3) is 0 Å². The summed E-state index contributed by atoms with van der Waals surface area (Å²) in [6.45, 7) is 8.97. The molecule has 1 saturated heterocycles. The Bertz CT molecular complexity index is 671. The molecule has 1 heterocycles. The molecule has 6 nitrogen and oxygen atoms in total. The van der Waals surface area contributed by atoms with Crippen molar-refractivity contribution in [2.24, 2.45) is 5.73 Å². The van der Waals surface area contributed by atoms with Gasteiger partial charge in [0.05, 0.1) is 6.61 Å². The van der Waals surface area contributed by atoms with E-state index in [-0.39, 0.29) is 11.9 Å². The predicted molar refractivity (Wildman–Crippen MR) is 189 cm³/mol. The van der Waals surface area contributed by atoms with Crippen LogP contribution in [-0.4, -0.2) is 42.6 Å². The van der Waals surface area contributed by atoms with Crippen LogP contribution >= 0.6 is 0 Å². The van der Waals surface area contributed by atoms with E-state index in [9.17, 15) is 9.59 Å². The Morgan fingerprint density at radius 2 is 1.11 bits per heavy atom.